The van der Waals surface area contributed by atoms with Crippen molar-refractivity contribution in [3.8, 4) is 22.8 Å². The van der Waals surface area contributed by atoms with Gasteiger partial charge in [0.25, 0.3) is 0 Å². The van der Waals surface area contributed by atoms with Crippen molar-refractivity contribution in [3.63, 3.8) is 0 Å². The molecule has 0 aliphatic rings. The minimum atomic E-state index is -3.55. The molecule has 0 aliphatic heterocycles. The lowest BCUT2D eigenvalue weighted by Gasteiger charge is -2.04. The van der Waals surface area contributed by atoms with Crippen LogP contribution >= 0.6 is 0 Å². The van der Waals surface area contributed by atoms with Crippen molar-refractivity contribution in [3.05, 3.63) is 60.4 Å². The van der Waals surface area contributed by atoms with Gasteiger partial charge in [-0.3, -0.25) is 4.79 Å². The summed E-state index contributed by atoms with van der Waals surface area (Å²) in [4.78, 5) is 14.9. The fourth-order valence-electron chi connectivity index (χ4n) is 2.06. The van der Waals surface area contributed by atoms with Crippen molar-refractivity contribution in [1.82, 2.24) is 14.8 Å². The molecule has 0 fully saturated rings. The number of aldehydes is 1. The van der Waals surface area contributed by atoms with Crippen molar-refractivity contribution in [2.75, 3.05) is 6.26 Å². The van der Waals surface area contributed by atoms with E-state index >= 15 is 0 Å². The minimum Gasteiger partial charge on any atom is -0.383 e. The Morgan fingerprint density at radius 3 is 2.29 bits per heavy atom. The van der Waals surface area contributed by atoms with Gasteiger partial charge in [0.15, 0.2) is 5.82 Å². The Morgan fingerprint density at radius 2 is 1.71 bits per heavy atom. The first-order valence-electron chi connectivity index (χ1n) is 6.92. The Labute approximate surface area is 138 Å². The highest BCUT2D eigenvalue weighted by molar-refractivity contribution is 7.86. The van der Waals surface area contributed by atoms with Gasteiger partial charge in [0.05, 0.1) is 11.9 Å². The third-order valence-electron chi connectivity index (χ3n) is 3.15. The zero-order valence-corrected chi connectivity index (χ0v) is 13.5. The molecular formula is C16H13N3O4S. The standard InChI is InChI=1S/C16H13N3O4S/c1-24(21,22)23-15-8-6-14(7-9-15)19-11-17-16(18-19)13-4-2-12(10-20)3-5-13/h2-11H,1H3. The van der Waals surface area contributed by atoms with E-state index < -0.39 is 10.1 Å². The van der Waals surface area contributed by atoms with Gasteiger partial charge in [-0.25, -0.2) is 9.67 Å². The number of benzene rings is 2. The van der Waals surface area contributed by atoms with Crippen molar-refractivity contribution < 1.29 is 17.4 Å². The van der Waals surface area contributed by atoms with Crippen LogP contribution in [0.15, 0.2) is 54.9 Å². The fourth-order valence-corrected chi connectivity index (χ4v) is 2.52. The van der Waals surface area contributed by atoms with E-state index in [0.717, 1.165) is 18.1 Å². The van der Waals surface area contributed by atoms with Crippen LogP contribution in [0.4, 0.5) is 0 Å². The second-order valence-corrected chi connectivity index (χ2v) is 6.61. The zero-order valence-electron chi connectivity index (χ0n) is 12.7. The normalized spacial score (nSPS) is 11.2. The molecule has 3 aromatic rings. The molecule has 2 aromatic carbocycles. The van der Waals surface area contributed by atoms with Gasteiger partial charge in [-0.05, 0) is 24.3 Å². The average molecular weight is 343 g/mol. The van der Waals surface area contributed by atoms with E-state index in [-0.39, 0.29) is 5.75 Å². The average Bonchev–Trinajstić information content (AvgIpc) is 3.04. The molecule has 7 nitrogen and oxygen atoms in total. The van der Waals surface area contributed by atoms with E-state index in [1.165, 1.54) is 12.1 Å². The van der Waals surface area contributed by atoms with E-state index in [4.69, 9.17) is 4.18 Å². The van der Waals surface area contributed by atoms with Crippen LogP contribution in [0.25, 0.3) is 17.1 Å². The van der Waals surface area contributed by atoms with Gasteiger partial charge in [-0.2, -0.15) is 8.42 Å². The second kappa shape index (κ2) is 6.25. The monoisotopic (exact) mass is 343 g/mol. The van der Waals surface area contributed by atoms with Crippen LogP contribution < -0.4 is 4.18 Å². The lowest BCUT2D eigenvalue weighted by atomic mass is 10.1. The Balaban J connectivity index is 1.83. The van der Waals surface area contributed by atoms with Crippen molar-refractivity contribution in [2.24, 2.45) is 0 Å². The molecule has 0 saturated carbocycles. The molecule has 0 radical (unpaired) electrons. The topological polar surface area (TPSA) is 91.2 Å². The molecule has 0 bridgehead atoms. The summed E-state index contributed by atoms with van der Waals surface area (Å²) in [6, 6.07) is 13.4. The molecular weight excluding hydrogens is 330 g/mol. The molecule has 0 N–H and O–H groups in total. The Bertz CT molecular complexity index is 961. The zero-order chi connectivity index (χ0) is 17.2. The van der Waals surface area contributed by atoms with Crippen molar-refractivity contribution in [1.29, 1.82) is 0 Å². The van der Waals surface area contributed by atoms with Crippen LogP contribution in [-0.2, 0) is 10.1 Å². The molecule has 122 valence electrons. The fraction of sp³-hybridized carbons (Fsp3) is 0.0625. The number of hydrogen-bond acceptors (Lipinski definition) is 6. The quantitative estimate of drug-likeness (QED) is 0.520. The van der Waals surface area contributed by atoms with Gasteiger partial charge in [0.2, 0.25) is 0 Å². The molecule has 0 saturated heterocycles. The van der Waals surface area contributed by atoms with Crippen molar-refractivity contribution in [2.45, 2.75) is 0 Å². The maximum atomic E-state index is 11.1. The highest BCUT2D eigenvalue weighted by Crippen LogP contribution is 2.19. The smallest absolute Gasteiger partial charge is 0.306 e. The molecule has 0 atom stereocenters. The highest BCUT2D eigenvalue weighted by Gasteiger charge is 2.07. The Morgan fingerprint density at radius 1 is 1.04 bits per heavy atom. The van der Waals surface area contributed by atoms with E-state index in [1.807, 2.05) is 0 Å². The van der Waals surface area contributed by atoms with Crippen LogP contribution in [0.5, 0.6) is 5.75 Å². The maximum Gasteiger partial charge on any atom is 0.306 e. The summed E-state index contributed by atoms with van der Waals surface area (Å²) in [7, 11) is -3.55. The molecule has 24 heavy (non-hydrogen) atoms. The number of carbonyl (C=O) groups is 1. The van der Waals surface area contributed by atoms with Crippen LogP contribution in [0.3, 0.4) is 0 Å². The summed E-state index contributed by atoms with van der Waals surface area (Å²) in [5.41, 5.74) is 2.08. The summed E-state index contributed by atoms with van der Waals surface area (Å²) in [5.74, 6) is 0.745. The Kier molecular flexibility index (Phi) is 4.13. The molecule has 3 rings (SSSR count). The SMILES string of the molecule is CS(=O)(=O)Oc1ccc(-n2cnc(-c3ccc(C=O)cc3)n2)cc1. The summed E-state index contributed by atoms with van der Waals surface area (Å²) < 4.78 is 28.5. The van der Waals surface area contributed by atoms with Gasteiger partial charge in [0.1, 0.15) is 18.4 Å². The van der Waals surface area contributed by atoms with Gasteiger partial charge in [0, 0.05) is 11.1 Å². The lowest BCUT2D eigenvalue weighted by Crippen LogP contribution is -2.05. The molecule has 0 spiro atoms. The Hall–Kier alpha value is -3.00. The van der Waals surface area contributed by atoms with Gasteiger partial charge in [-0.15, -0.1) is 5.10 Å². The van der Waals surface area contributed by atoms with Crippen molar-refractivity contribution >= 4 is 16.4 Å². The van der Waals surface area contributed by atoms with E-state index in [2.05, 4.69) is 10.1 Å². The lowest BCUT2D eigenvalue weighted by molar-refractivity contribution is 0.112. The third kappa shape index (κ3) is 3.66. The first-order chi connectivity index (χ1) is 11.4. The van der Waals surface area contributed by atoms with Crippen LogP contribution in [0, 0.1) is 0 Å². The van der Waals surface area contributed by atoms with Gasteiger partial charge < -0.3 is 4.18 Å². The molecule has 0 aliphatic carbocycles. The second-order valence-electron chi connectivity index (χ2n) is 5.03. The number of hydrogen-bond donors (Lipinski definition) is 0. The van der Waals surface area contributed by atoms with Gasteiger partial charge >= 0.3 is 10.1 Å². The summed E-state index contributed by atoms with van der Waals surface area (Å²) in [6.45, 7) is 0. The highest BCUT2D eigenvalue weighted by atomic mass is 32.2. The summed E-state index contributed by atoms with van der Waals surface area (Å²) >= 11 is 0. The molecule has 0 amide bonds. The maximum absolute atomic E-state index is 11.1. The number of carbonyl (C=O) groups excluding carboxylic acids is 1. The van der Waals surface area contributed by atoms with Gasteiger partial charge in [-0.1, -0.05) is 24.3 Å². The van der Waals surface area contributed by atoms with E-state index in [0.29, 0.717) is 17.1 Å². The first-order valence-corrected chi connectivity index (χ1v) is 8.73. The predicted octanol–water partition coefficient (Wildman–Crippen LogP) is 2.09. The largest absolute Gasteiger partial charge is 0.383 e. The summed E-state index contributed by atoms with van der Waals surface area (Å²) in [5, 5.41) is 4.37. The number of rotatable bonds is 5. The number of nitrogens with zero attached hydrogens (tertiary/aromatic N) is 3. The van der Waals surface area contributed by atoms with Crippen LogP contribution in [0.2, 0.25) is 0 Å². The third-order valence-corrected chi connectivity index (χ3v) is 3.64. The number of aromatic nitrogens is 3. The first kappa shape index (κ1) is 15.9. The van der Waals surface area contributed by atoms with E-state index in [1.54, 1.807) is 47.4 Å². The van der Waals surface area contributed by atoms with Crippen LogP contribution in [0.1, 0.15) is 10.4 Å². The van der Waals surface area contributed by atoms with Crippen LogP contribution in [-0.4, -0.2) is 35.7 Å². The molecule has 8 heteroatoms. The molecule has 0 unspecified atom stereocenters. The molecule has 1 heterocycles. The summed E-state index contributed by atoms with van der Waals surface area (Å²) in [6.07, 6.45) is 3.31. The minimum absolute atomic E-state index is 0.228. The van der Waals surface area contributed by atoms with E-state index in [9.17, 15) is 13.2 Å². The molecule has 1 aromatic heterocycles. The predicted molar refractivity (Wildman–Crippen MR) is 87.7 cm³/mol.